The first-order valence-electron chi connectivity index (χ1n) is 6.41. The molecule has 0 saturated heterocycles. The molecule has 3 rings (SSSR count). The molecule has 1 aliphatic heterocycles. The fourth-order valence-corrected chi connectivity index (χ4v) is 2.63. The number of halogens is 3. The lowest BCUT2D eigenvalue weighted by Gasteiger charge is -2.14. The van der Waals surface area contributed by atoms with Gasteiger partial charge in [0.25, 0.3) is 0 Å². The second-order valence-corrected chi connectivity index (χ2v) is 5.47. The average Bonchev–Trinajstić information content (AvgIpc) is 2.92. The van der Waals surface area contributed by atoms with Gasteiger partial charge in [0.15, 0.2) is 5.96 Å². The van der Waals surface area contributed by atoms with E-state index in [2.05, 4.69) is 15.6 Å². The summed E-state index contributed by atoms with van der Waals surface area (Å²) in [7, 11) is 0. The minimum Gasteiger partial charge on any atom is -0.347 e. The molecule has 3 nitrogen and oxygen atoms in total. The number of anilines is 1. The van der Waals surface area contributed by atoms with Gasteiger partial charge in [-0.3, -0.25) is 4.99 Å². The van der Waals surface area contributed by atoms with E-state index in [1.54, 1.807) is 30.3 Å². The molecule has 21 heavy (non-hydrogen) atoms. The van der Waals surface area contributed by atoms with Crippen molar-refractivity contribution in [2.75, 3.05) is 11.9 Å². The summed E-state index contributed by atoms with van der Waals surface area (Å²) in [5.74, 6) is 0.346. The van der Waals surface area contributed by atoms with E-state index in [9.17, 15) is 4.39 Å². The summed E-state index contributed by atoms with van der Waals surface area (Å²) in [4.78, 5) is 4.38. The van der Waals surface area contributed by atoms with E-state index in [0.717, 1.165) is 5.56 Å². The van der Waals surface area contributed by atoms with E-state index in [4.69, 9.17) is 23.2 Å². The number of guanidine groups is 1. The Balaban J connectivity index is 1.71. The maximum absolute atomic E-state index is 12.9. The first-order chi connectivity index (χ1) is 10.1. The van der Waals surface area contributed by atoms with Gasteiger partial charge in [0.1, 0.15) is 5.82 Å². The van der Waals surface area contributed by atoms with Crippen molar-refractivity contribution in [2.45, 2.75) is 6.04 Å². The molecule has 2 aromatic carbocycles. The van der Waals surface area contributed by atoms with E-state index < -0.39 is 0 Å². The molecular weight excluding hydrogens is 312 g/mol. The zero-order valence-electron chi connectivity index (χ0n) is 10.9. The summed E-state index contributed by atoms with van der Waals surface area (Å²) >= 11 is 12.2. The standard InChI is InChI=1S/C15H12Cl2FN3/c16-11-2-1-3-12(17)14(11)21-15-19-8-13(20-15)9-4-6-10(18)7-5-9/h1-7,13H,8H2,(H2,19,20,21). The molecule has 2 N–H and O–H groups in total. The molecule has 0 fully saturated rings. The Labute approximate surface area is 131 Å². The van der Waals surface area contributed by atoms with Gasteiger partial charge >= 0.3 is 0 Å². The van der Waals surface area contributed by atoms with Crippen molar-refractivity contribution < 1.29 is 4.39 Å². The highest BCUT2D eigenvalue weighted by Crippen LogP contribution is 2.30. The van der Waals surface area contributed by atoms with Crippen LogP contribution in [-0.4, -0.2) is 12.5 Å². The van der Waals surface area contributed by atoms with Crippen molar-refractivity contribution in [1.29, 1.82) is 0 Å². The fraction of sp³-hybridized carbons (Fsp3) is 0.133. The number of rotatable bonds is 2. The van der Waals surface area contributed by atoms with Crippen LogP contribution in [-0.2, 0) is 0 Å². The average molecular weight is 324 g/mol. The van der Waals surface area contributed by atoms with Crippen LogP contribution in [0.4, 0.5) is 10.1 Å². The Kier molecular flexibility index (Phi) is 3.99. The minimum atomic E-state index is -0.251. The van der Waals surface area contributed by atoms with Crippen LogP contribution < -0.4 is 10.6 Å². The van der Waals surface area contributed by atoms with Crippen molar-refractivity contribution in [3.63, 3.8) is 0 Å². The second-order valence-electron chi connectivity index (χ2n) is 4.66. The molecule has 0 bridgehead atoms. The number of hydrogen-bond donors (Lipinski definition) is 2. The fourth-order valence-electron chi connectivity index (χ4n) is 2.13. The van der Waals surface area contributed by atoms with Crippen molar-refractivity contribution in [3.8, 4) is 0 Å². The minimum absolute atomic E-state index is 0.00867. The number of para-hydroxylation sites is 1. The van der Waals surface area contributed by atoms with Gasteiger partial charge in [-0.25, -0.2) is 4.39 Å². The van der Waals surface area contributed by atoms with E-state index >= 15 is 0 Å². The molecule has 0 saturated carbocycles. The van der Waals surface area contributed by atoms with Crippen molar-refractivity contribution in [2.24, 2.45) is 4.99 Å². The molecule has 0 radical (unpaired) electrons. The highest BCUT2D eigenvalue weighted by atomic mass is 35.5. The molecule has 0 aliphatic carbocycles. The van der Waals surface area contributed by atoms with E-state index in [1.165, 1.54) is 12.1 Å². The third-order valence-corrected chi connectivity index (χ3v) is 3.85. The topological polar surface area (TPSA) is 36.4 Å². The monoisotopic (exact) mass is 323 g/mol. The summed E-state index contributed by atoms with van der Waals surface area (Å²) in [6, 6.07) is 11.7. The smallest absolute Gasteiger partial charge is 0.196 e. The summed E-state index contributed by atoms with van der Waals surface area (Å²) < 4.78 is 12.9. The number of aliphatic imine (C=N–C) groups is 1. The Morgan fingerprint density at radius 1 is 1.10 bits per heavy atom. The molecule has 1 unspecified atom stereocenters. The predicted molar refractivity (Wildman–Crippen MR) is 84.7 cm³/mol. The van der Waals surface area contributed by atoms with Gasteiger partial charge in [0.05, 0.1) is 28.3 Å². The van der Waals surface area contributed by atoms with Crippen molar-refractivity contribution in [3.05, 3.63) is 63.9 Å². The lowest BCUT2D eigenvalue weighted by Crippen LogP contribution is -2.29. The molecular formula is C15H12Cl2FN3. The molecule has 1 atom stereocenters. The van der Waals surface area contributed by atoms with Gasteiger partial charge < -0.3 is 10.6 Å². The number of hydrogen-bond acceptors (Lipinski definition) is 3. The molecule has 2 aromatic rings. The van der Waals surface area contributed by atoms with Crippen LogP contribution in [0.5, 0.6) is 0 Å². The van der Waals surface area contributed by atoms with Gasteiger partial charge in [-0.1, -0.05) is 41.4 Å². The Morgan fingerprint density at radius 3 is 2.43 bits per heavy atom. The maximum atomic E-state index is 12.9. The third kappa shape index (κ3) is 3.12. The van der Waals surface area contributed by atoms with Gasteiger partial charge in [-0.2, -0.15) is 0 Å². The van der Waals surface area contributed by atoms with Crippen LogP contribution in [0.15, 0.2) is 47.5 Å². The van der Waals surface area contributed by atoms with Crippen LogP contribution in [0.25, 0.3) is 0 Å². The Hall–Kier alpha value is -1.78. The predicted octanol–water partition coefficient (Wildman–Crippen LogP) is 4.24. The number of nitrogens with one attached hydrogen (secondary N) is 2. The zero-order valence-corrected chi connectivity index (χ0v) is 12.4. The third-order valence-electron chi connectivity index (χ3n) is 3.22. The van der Waals surface area contributed by atoms with Gasteiger partial charge in [0, 0.05) is 0 Å². The first-order valence-corrected chi connectivity index (χ1v) is 7.16. The van der Waals surface area contributed by atoms with E-state index in [0.29, 0.717) is 28.2 Å². The maximum Gasteiger partial charge on any atom is 0.196 e. The van der Waals surface area contributed by atoms with Crippen molar-refractivity contribution >= 4 is 34.8 Å². The van der Waals surface area contributed by atoms with Gasteiger partial charge in [-0.15, -0.1) is 0 Å². The van der Waals surface area contributed by atoms with E-state index in [-0.39, 0.29) is 11.9 Å². The molecule has 1 aliphatic rings. The SMILES string of the molecule is Fc1ccc(C2CN=C(Nc3c(Cl)cccc3Cl)N2)cc1. The molecule has 0 aromatic heterocycles. The highest BCUT2D eigenvalue weighted by molar-refractivity contribution is 6.39. The molecule has 6 heteroatoms. The molecule has 0 amide bonds. The summed E-state index contributed by atoms with van der Waals surface area (Å²) in [6.45, 7) is 0.566. The van der Waals surface area contributed by atoms with Gasteiger partial charge in [0.2, 0.25) is 0 Å². The van der Waals surface area contributed by atoms with Crippen molar-refractivity contribution in [1.82, 2.24) is 5.32 Å². The van der Waals surface area contributed by atoms with Gasteiger partial charge in [-0.05, 0) is 29.8 Å². The summed E-state index contributed by atoms with van der Waals surface area (Å²) in [5.41, 5.74) is 1.59. The summed E-state index contributed by atoms with van der Waals surface area (Å²) in [5, 5.41) is 7.37. The normalized spacial score (nSPS) is 17.3. The Bertz CT molecular complexity index is 666. The van der Waals surface area contributed by atoms with Crippen LogP contribution in [0.1, 0.15) is 11.6 Å². The lowest BCUT2D eigenvalue weighted by atomic mass is 10.1. The van der Waals surface area contributed by atoms with E-state index in [1.807, 2.05) is 0 Å². The highest BCUT2D eigenvalue weighted by Gasteiger charge is 2.20. The number of benzene rings is 2. The largest absolute Gasteiger partial charge is 0.347 e. The Morgan fingerprint density at radius 2 is 1.76 bits per heavy atom. The molecule has 0 spiro atoms. The number of nitrogens with zero attached hydrogens (tertiary/aromatic N) is 1. The second kappa shape index (κ2) is 5.92. The quantitative estimate of drug-likeness (QED) is 0.867. The first kappa shape index (κ1) is 14.2. The molecule has 1 heterocycles. The zero-order chi connectivity index (χ0) is 14.8. The van der Waals surface area contributed by atoms with Crippen LogP contribution in [0, 0.1) is 5.82 Å². The molecule has 108 valence electrons. The lowest BCUT2D eigenvalue weighted by molar-refractivity contribution is 0.624. The van der Waals surface area contributed by atoms with Crippen LogP contribution in [0.2, 0.25) is 10.0 Å². The van der Waals surface area contributed by atoms with Crippen LogP contribution in [0.3, 0.4) is 0 Å². The van der Waals surface area contributed by atoms with Crippen LogP contribution >= 0.6 is 23.2 Å². The summed E-state index contributed by atoms with van der Waals surface area (Å²) in [6.07, 6.45) is 0.